The molecule has 2 fully saturated rings. The van der Waals surface area contributed by atoms with Crippen LogP contribution in [0, 0.1) is 5.82 Å². The van der Waals surface area contributed by atoms with E-state index >= 15 is 0 Å². The predicted octanol–water partition coefficient (Wildman–Crippen LogP) is 2.72. The molecule has 0 bridgehead atoms. The molecule has 3 nitrogen and oxygen atoms in total. The van der Waals surface area contributed by atoms with Gasteiger partial charge >= 0.3 is 0 Å². The Morgan fingerprint density at radius 1 is 1.22 bits per heavy atom. The van der Waals surface area contributed by atoms with Crippen molar-refractivity contribution < 1.29 is 9.18 Å². The smallest absolute Gasteiger partial charge is 0.233 e. The zero-order valence-corrected chi connectivity index (χ0v) is 13.4. The molecule has 1 atom stereocenters. The maximum atomic E-state index is 13.6. The van der Waals surface area contributed by atoms with Gasteiger partial charge in [0.05, 0.1) is 5.41 Å². The van der Waals surface area contributed by atoms with Crippen molar-refractivity contribution in [1.82, 2.24) is 9.80 Å². The summed E-state index contributed by atoms with van der Waals surface area (Å²) in [4.78, 5) is 17.6. The molecule has 0 radical (unpaired) electrons. The lowest BCUT2D eigenvalue weighted by atomic mass is 9.63. The molecule has 0 spiro atoms. The van der Waals surface area contributed by atoms with Crippen LogP contribution in [-0.4, -0.2) is 47.9 Å². The Morgan fingerprint density at radius 2 is 2.00 bits per heavy atom. The molecule has 2 aliphatic heterocycles. The molecule has 1 saturated carbocycles. The first-order chi connectivity index (χ1) is 11.2. The van der Waals surface area contributed by atoms with Gasteiger partial charge in [-0.1, -0.05) is 30.7 Å². The Labute approximate surface area is 136 Å². The fourth-order valence-electron chi connectivity index (χ4n) is 4.26. The van der Waals surface area contributed by atoms with Crippen LogP contribution in [0.1, 0.15) is 31.2 Å². The highest BCUT2D eigenvalue weighted by Crippen LogP contribution is 2.46. The van der Waals surface area contributed by atoms with Crippen LogP contribution in [0.2, 0.25) is 0 Å². The van der Waals surface area contributed by atoms with Crippen LogP contribution in [0.15, 0.2) is 36.4 Å². The average molecular weight is 314 g/mol. The van der Waals surface area contributed by atoms with Crippen LogP contribution in [0.3, 0.4) is 0 Å². The quantitative estimate of drug-likeness (QED) is 0.801. The summed E-state index contributed by atoms with van der Waals surface area (Å²) in [5, 5.41) is 0. The molecule has 23 heavy (non-hydrogen) atoms. The molecule has 1 amide bonds. The molecule has 4 heteroatoms. The second kappa shape index (κ2) is 5.75. The largest absolute Gasteiger partial charge is 0.340 e. The normalized spacial score (nSPS) is 26.5. The van der Waals surface area contributed by atoms with E-state index in [0.717, 1.165) is 57.4 Å². The molecule has 3 aliphatic rings. The summed E-state index contributed by atoms with van der Waals surface area (Å²) in [5.41, 5.74) is 0.389. The maximum absolute atomic E-state index is 13.6. The van der Waals surface area contributed by atoms with Crippen molar-refractivity contribution in [1.29, 1.82) is 0 Å². The van der Waals surface area contributed by atoms with Gasteiger partial charge in [0.25, 0.3) is 0 Å². The molecule has 1 saturated heterocycles. The van der Waals surface area contributed by atoms with E-state index < -0.39 is 5.41 Å². The molecule has 4 rings (SSSR count). The third-order valence-corrected chi connectivity index (χ3v) is 5.81. The number of hydrogen-bond donors (Lipinski definition) is 0. The molecule has 1 aromatic carbocycles. The summed E-state index contributed by atoms with van der Waals surface area (Å²) in [6.45, 7) is 3.65. The van der Waals surface area contributed by atoms with Crippen molar-refractivity contribution in [2.24, 2.45) is 0 Å². The van der Waals surface area contributed by atoms with Crippen molar-refractivity contribution in [3.05, 3.63) is 47.8 Å². The van der Waals surface area contributed by atoms with Gasteiger partial charge in [0.15, 0.2) is 0 Å². The van der Waals surface area contributed by atoms with Gasteiger partial charge in [0.1, 0.15) is 5.82 Å². The van der Waals surface area contributed by atoms with E-state index in [-0.39, 0.29) is 11.7 Å². The van der Waals surface area contributed by atoms with Gasteiger partial charge in [-0.25, -0.2) is 4.39 Å². The Kier molecular flexibility index (Phi) is 3.72. The highest BCUT2D eigenvalue weighted by atomic mass is 19.1. The first-order valence-electron chi connectivity index (χ1n) is 8.63. The number of likely N-dealkylation sites (tertiary alicyclic amines) is 1. The molecule has 1 aliphatic carbocycles. The number of carbonyl (C=O) groups excluding carboxylic acids is 1. The monoisotopic (exact) mass is 314 g/mol. The number of amides is 1. The third kappa shape index (κ3) is 2.49. The van der Waals surface area contributed by atoms with Crippen molar-refractivity contribution >= 4 is 5.91 Å². The minimum Gasteiger partial charge on any atom is -0.340 e. The highest BCUT2D eigenvalue weighted by Gasteiger charge is 2.49. The van der Waals surface area contributed by atoms with E-state index in [4.69, 9.17) is 0 Å². The highest BCUT2D eigenvalue weighted by molar-refractivity contribution is 5.89. The fraction of sp³-hybridized carbons (Fsp3) is 0.526. The van der Waals surface area contributed by atoms with Crippen LogP contribution in [0.5, 0.6) is 0 Å². The minimum absolute atomic E-state index is 0.212. The standard InChI is InChI=1S/C19H23FN2O/c20-16-6-3-5-15(13-16)19(8-4-9-19)18(23)22-12-7-17(14-22)21-10-1-2-11-21/h1-3,5-6,13,17H,4,7-12,14H2. The lowest BCUT2D eigenvalue weighted by molar-refractivity contribution is -0.140. The van der Waals surface area contributed by atoms with E-state index in [1.165, 1.54) is 6.07 Å². The Bertz CT molecular complexity index is 630. The predicted molar refractivity (Wildman–Crippen MR) is 87.6 cm³/mol. The topological polar surface area (TPSA) is 23.6 Å². The first-order valence-corrected chi connectivity index (χ1v) is 8.63. The van der Waals surface area contributed by atoms with Crippen molar-refractivity contribution in [2.75, 3.05) is 26.2 Å². The average Bonchev–Trinajstić information content (AvgIpc) is 3.17. The van der Waals surface area contributed by atoms with Crippen molar-refractivity contribution in [3.8, 4) is 0 Å². The summed E-state index contributed by atoms with van der Waals surface area (Å²) in [6, 6.07) is 7.11. The Balaban J connectivity index is 1.51. The molecular formula is C19H23FN2O. The van der Waals surface area contributed by atoms with Crippen LogP contribution in [0.25, 0.3) is 0 Å². The SMILES string of the molecule is O=C(N1CCC(N2CC=CC2)C1)C1(c2cccc(F)c2)CCC1. The van der Waals surface area contributed by atoms with Gasteiger partial charge in [0, 0.05) is 32.2 Å². The molecule has 1 aromatic rings. The Morgan fingerprint density at radius 3 is 2.65 bits per heavy atom. The van der Waals surface area contributed by atoms with Crippen molar-refractivity contribution in [3.63, 3.8) is 0 Å². The number of nitrogens with zero attached hydrogens (tertiary/aromatic N) is 2. The van der Waals surface area contributed by atoms with Gasteiger partial charge in [-0.2, -0.15) is 0 Å². The molecule has 122 valence electrons. The Hall–Kier alpha value is -1.68. The van der Waals surface area contributed by atoms with E-state index in [9.17, 15) is 9.18 Å². The zero-order chi connectivity index (χ0) is 15.9. The number of hydrogen-bond acceptors (Lipinski definition) is 2. The fourth-order valence-corrected chi connectivity index (χ4v) is 4.26. The van der Waals surface area contributed by atoms with E-state index in [1.807, 2.05) is 11.0 Å². The van der Waals surface area contributed by atoms with Crippen molar-refractivity contribution in [2.45, 2.75) is 37.1 Å². The van der Waals surface area contributed by atoms with Crippen LogP contribution in [-0.2, 0) is 10.2 Å². The molecule has 0 aromatic heterocycles. The van der Waals surface area contributed by atoms with Gasteiger partial charge in [-0.3, -0.25) is 9.69 Å². The lowest BCUT2D eigenvalue weighted by Gasteiger charge is -2.43. The number of halogens is 1. The minimum atomic E-state index is -0.472. The second-order valence-electron chi connectivity index (χ2n) is 7.06. The number of benzene rings is 1. The van der Waals surface area contributed by atoms with Crippen LogP contribution < -0.4 is 0 Å². The number of rotatable bonds is 3. The van der Waals surface area contributed by atoms with Gasteiger partial charge < -0.3 is 4.90 Å². The van der Waals surface area contributed by atoms with Gasteiger partial charge in [-0.05, 0) is 37.0 Å². The summed E-state index contributed by atoms with van der Waals surface area (Å²) in [5.74, 6) is -0.0342. The van der Waals surface area contributed by atoms with Crippen LogP contribution in [0.4, 0.5) is 4.39 Å². The third-order valence-electron chi connectivity index (χ3n) is 5.81. The number of carbonyl (C=O) groups is 1. The summed E-state index contributed by atoms with van der Waals surface area (Å²) in [7, 11) is 0. The molecule has 1 unspecified atom stereocenters. The lowest BCUT2D eigenvalue weighted by Crippen LogP contribution is -2.51. The first kappa shape index (κ1) is 14.9. The van der Waals surface area contributed by atoms with E-state index in [1.54, 1.807) is 12.1 Å². The zero-order valence-electron chi connectivity index (χ0n) is 13.4. The summed E-state index contributed by atoms with van der Waals surface area (Å²) >= 11 is 0. The van der Waals surface area contributed by atoms with E-state index in [2.05, 4.69) is 17.1 Å². The maximum Gasteiger partial charge on any atom is 0.233 e. The van der Waals surface area contributed by atoms with Gasteiger partial charge in [-0.15, -0.1) is 0 Å². The van der Waals surface area contributed by atoms with E-state index in [0.29, 0.717) is 6.04 Å². The molecule has 0 N–H and O–H groups in total. The molecular weight excluding hydrogens is 291 g/mol. The van der Waals surface area contributed by atoms with Gasteiger partial charge in [0.2, 0.25) is 5.91 Å². The summed E-state index contributed by atoms with van der Waals surface area (Å²) < 4.78 is 13.6. The molecule has 2 heterocycles. The van der Waals surface area contributed by atoms with Crippen LogP contribution >= 0.6 is 0 Å². The summed E-state index contributed by atoms with van der Waals surface area (Å²) in [6.07, 6.45) is 8.20. The second-order valence-corrected chi connectivity index (χ2v) is 7.06.